The Bertz CT molecular complexity index is 1100. The van der Waals surface area contributed by atoms with E-state index in [0.717, 1.165) is 40.4 Å². The van der Waals surface area contributed by atoms with E-state index in [2.05, 4.69) is 0 Å². The molecule has 0 aliphatic rings. The van der Waals surface area contributed by atoms with Crippen LogP contribution in [0.3, 0.4) is 0 Å². The zero-order valence-corrected chi connectivity index (χ0v) is 16.3. The summed E-state index contributed by atoms with van der Waals surface area (Å²) in [5, 5.41) is 0.595. The van der Waals surface area contributed by atoms with Crippen LogP contribution in [-0.2, 0) is 6.54 Å². The van der Waals surface area contributed by atoms with Crippen LogP contribution < -0.4 is 0 Å². The molecule has 4 heteroatoms. The Kier molecular flexibility index (Phi) is 5.41. The maximum absolute atomic E-state index is 12.2. The van der Waals surface area contributed by atoms with E-state index in [4.69, 9.17) is 11.6 Å². The molecule has 0 amide bonds. The van der Waals surface area contributed by atoms with Gasteiger partial charge >= 0.3 is 0 Å². The molecule has 0 fully saturated rings. The zero-order chi connectivity index (χ0) is 20.2. The van der Waals surface area contributed by atoms with Crippen LogP contribution in [0, 0.1) is 0 Å². The molecule has 3 nitrogen and oxygen atoms in total. The van der Waals surface area contributed by atoms with Gasteiger partial charge in [-0.3, -0.25) is 9.59 Å². The standard InChI is InChI=1S/C25H18ClNO2/c26-21-14-8-7-13-20(21)15-27-22(16-28)24(18-9-3-1-4-10-18)25(23(27)17-29)19-11-5-2-6-12-19/h1-14,16-17H,15H2. The van der Waals surface area contributed by atoms with Crippen molar-refractivity contribution in [3.63, 3.8) is 0 Å². The minimum absolute atomic E-state index is 0.328. The van der Waals surface area contributed by atoms with Crippen molar-refractivity contribution in [1.29, 1.82) is 0 Å². The highest BCUT2D eigenvalue weighted by atomic mass is 35.5. The van der Waals surface area contributed by atoms with E-state index in [0.29, 0.717) is 23.0 Å². The van der Waals surface area contributed by atoms with Crippen LogP contribution in [0.25, 0.3) is 22.3 Å². The molecule has 29 heavy (non-hydrogen) atoms. The van der Waals surface area contributed by atoms with E-state index in [1.165, 1.54) is 0 Å². The Balaban J connectivity index is 2.04. The second-order valence-electron chi connectivity index (χ2n) is 6.67. The van der Waals surface area contributed by atoms with Gasteiger partial charge in [-0.2, -0.15) is 0 Å². The maximum atomic E-state index is 12.2. The van der Waals surface area contributed by atoms with Gasteiger partial charge in [0.05, 0.1) is 11.4 Å². The van der Waals surface area contributed by atoms with Crippen molar-refractivity contribution >= 4 is 24.2 Å². The Hall–Kier alpha value is -3.43. The summed E-state index contributed by atoms with van der Waals surface area (Å²) < 4.78 is 1.76. The maximum Gasteiger partial charge on any atom is 0.167 e. The molecule has 0 bridgehead atoms. The smallest absolute Gasteiger partial charge is 0.167 e. The van der Waals surface area contributed by atoms with E-state index in [9.17, 15) is 9.59 Å². The first-order valence-corrected chi connectivity index (χ1v) is 9.63. The van der Waals surface area contributed by atoms with E-state index in [1.54, 1.807) is 10.6 Å². The largest absolute Gasteiger partial charge is 0.331 e. The lowest BCUT2D eigenvalue weighted by molar-refractivity contribution is 0.111. The summed E-state index contributed by atoms with van der Waals surface area (Å²) >= 11 is 6.36. The van der Waals surface area contributed by atoms with Crippen LogP contribution >= 0.6 is 11.6 Å². The Morgan fingerprint density at radius 3 is 1.55 bits per heavy atom. The molecule has 142 valence electrons. The monoisotopic (exact) mass is 399 g/mol. The van der Waals surface area contributed by atoms with Gasteiger partial charge < -0.3 is 4.57 Å². The molecule has 0 atom stereocenters. The third kappa shape index (κ3) is 3.53. The highest BCUT2D eigenvalue weighted by molar-refractivity contribution is 6.31. The molecule has 0 radical (unpaired) electrons. The van der Waals surface area contributed by atoms with Crippen molar-refractivity contribution in [2.75, 3.05) is 0 Å². The lowest BCUT2D eigenvalue weighted by Crippen LogP contribution is -2.08. The van der Waals surface area contributed by atoms with Crippen molar-refractivity contribution in [3.8, 4) is 22.3 Å². The summed E-state index contributed by atoms with van der Waals surface area (Å²) in [7, 11) is 0. The molecule has 1 aromatic heterocycles. The Morgan fingerprint density at radius 2 is 1.10 bits per heavy atom. The molecular weight excluding hydrogens is 382 g/mol. The summed E-state index contributed by atoms with van der Waals surface area (Å²) in [4.78, 5) is 24.5. The van der Waals surface area contributed by atoms with Crippen molar-refractivity contribution in [2.24, 2.45) is 0 Å². The van der Waals surface area contributed by atoms with Gasteiger partial charge in [-0.25, -0.2) is 0 Å². The van der Waals surface area contributed by atoms with Crippen LogP contribution in [0.2, 0.25) is 5.02 Å². The predicted molar refractivity (Wildman–Crippen MR) is 117 cm³/mol. The first-order valence-electron chi connectivity index (χ1n) is 9.25. The fourth-order valence-electron chi connectivity index (χ4n) is 3.66. The molecule has 0 N–H and O–H groups in total. The average molecular weight is 400 g/mol. The number of carbonyl (C=O) groups excluding carboxylic acids is 2. The molecule has 1 heterocycles. The summed E-state index contributed by atoms with van der Waals surface area (Å²) in [6, 6.07) is 26.8. The number of rotatable bonds is 6. The van der Waals surface area contributed by atoms with Crippen molar-refractivity contribution in [3.05, 3.63) is 107 Å². The third-order valence-electron chi connectivity index (χ3n) is 4.98. The number of carbonyl (C=O) groups is 2. The van der Waals surface area contributed by atoms with Crippen LogP contribution in [0.1, 0.15) is 26.5 Å². The number of aldehydes is 2. The fraction of sp³-hybridized carbons (Fsp3) is 0.0400. The topological polar surface area (TPSA) is 39.1 Å². The molecule has 0 spiro atoms. The summed E-state index contributed by atoms with van der Waals surface area (Å²) in [5.74, 6) is 0. The van der Waals surface area contributed by atoms with Crippen molar-refractivity contribution < 1.29 is 9.59 Å². The predicted octanol–water partition coefficient (Wildman–Crippen LogP) is 6.15. The number of hydrogen-bond acceptors (Lipinski definition) is 2. The molecule has 3 aromatic carbocycles. The molecule has 0 saturated carbocycles. The highest BCUT2D eigenvalue weighted by Gasteiger charge is 2.24. The minimum Gasteiger partial charge on any atom is -0.331 e. The summed E-state index contributed by atoms with van der Waals surface area (Å²) in [6.45, 7) is 0.328. The van der Waals surface area contributed by atoms with Gasteiger partial charge in [0, 0.05) is 22.7 Å². The van der Waals surface area contributed by atoms with Crippen LogP contribution in [0.5, 0.6) is 0 Å². The zero-order valence-electron chi connectivity index (χ0n) is 15.6. The van der Waals surface area contributed by atoms with E-state index < -0.39 is 0 Å². The Morgan fingerprint density at radius 1 is 0.655 bits per heavy atom. The van der Waals surface area contributed by atoms with Gasteiger partial charge in [0.2, 0.25) is 0 Å². The second kappa shape index (κ2) is 8.29. The fourth-order valence-corrected chi connectivity index (χ4v) is 3.86. The van der Waals surface area contributed by atoms with Crippen LogP contribution in [-0.4, -0.2) is 17.1 Å². The van der Waals surface area contributed by atoms with Gasteiger partial charge in [-0.15, -0.1) is 0 Å². The van der Waals surface area contributed by atoms with Gasteiger partial charge in [0.15, 0.2) is 12.6 Å². The molecule has 0 aliphatic heterocycles. The van der Waals surface area contributed by atoms with Gasteiger partial charge in [0.25, 0.3) is 0 Å². The number of nitrogens with zero attached hydrogens (tertiary/aromatic N) is 1. The number of halogens is 1. The summed E-state index contributed by atoms with van der Waals surface area (Å²) in [5.41, 5.74) is 5.02. The lowest BCUT2D eigenvalue weighted by atomic mass is 9.95. The first-order chi connectivity index (χ1) is 14.2. The molecule has 0 saturated heterocycles. The molecular formula is C25H18ClNO2. The highest BCUT2D eigenvalue weighted by Crippen LogP contribution is 2.39. The van der Waals surface area contributed by atoms with Crippen molar-refractivity contribution in [1.82, 2.24) is 4.57 Å². The van der Waals surface area contributed by atoms with Gasteiger partial charge in [0.1, 0.15) is 0 Å². The van der Waals surface area contributed by atoms with Crippen LogP contribution in [0.15, 0.2) is 84.9 Å². The number of aromatic nitrogens is 1. The van der Waals surface area contributed by atoms with E-state index >= 15 is 0 Å². The molecule has 0 unspecified atom stereocenters. The molecule has 0 aliphatic carbocycles. The quantitative estimate of drug-likeness (QED) is 0.365. The summed E-state index contributed by atoms with van der Waals surface area (Å²) in [6.07, 6.45) is 1.64. The first kappa shape index (κ1) is 18.9. The van der Waals surface area contributed by atoms with Gasteiger partial charge in [-0.05, 0) is 22.8 Å². The van der Waals surface area contributed by atoms with E-state index in [1.807, 2.05) is 78.9 Å². The SMILES string of the molecule is O=Cc1c(-c2ccccc2)c(-c2ccccc2)c(C=O)n1Cc1ccccc1Cl. The Labute approximate surface area is 174 Å². The van der Waals surface area contributed by atoms with Gasteiger partial charge in [-0.1, -0.05) is 90.5 Å². The van der Waals surface area contributed by atoms with E-state index in [-0.39, 0.29) is 0 Å². The normalized spacial score (nSPS) is 10.7. The third-order valence-corrected chi connectivity index (χ3v) is 5.35. The minimum atomic E-state index is 0.328. The number of benzene rings is 3. The van der Waals surface area contributed by atoms with Crippen LogP contribution in [0.4, 0.5) is 0 Å². The second-order valence-corrected chi connectivity index (χ2v) is 7.07. The molecule has 4 aromatic rings. The lowest BCUT2D eigenvalue weighted by Gasteiger charge is -2.10. The molecule has 4 rings (SSSR count). The van der Waals surface area contributed by atoms with Crippen molar-refractivity contribution in [2.45, 2.75) is 6.54 Å². The number of hydrogen-bond donors (Lipinski definition) is 0. The average Bonchev–Trinajstić information content (AvgIpc) is 3.09.